The van der Waals surface area contributed by atoms with Crippen LogP contribution < -0.4 is 10.2 Å². The van der Waals surface area contributed by atoms with Crippen molar-refractivity contribution in [3.63, 3.8) is 0 Å². The Morgan fingerprint density at radius 3 is 2.68 bits per heavy atom. The van der Waals surface area contributed by atoms with Crippen LogP contribution in [-0.2, 0) is 11.3 Å². The SMILES string of the molecule is CCC1(CC)CN(c2ccccc2COC)CCN1. The molecule has 1 saturated heterocycles. The maximum atomic E-state index is 5.32. The maximum absolute atomic E-state index is 5.32. The smallest absolute Gasteiger partial charge is 0.0733 e. The minimum Gasteiger partial charge on any atom is -0.380 e. The molecule has 1 aromatic carbocycles. The maximum Gasteiger partial charge on any atom is 0.0733 e. The fraction of sp³-hybridized carbons (Fsp3) is 0.625. The Bertz CT molecular complexity index is 401. The van der Waals surface area contributed by atoms with Gasteiger partial charge in [-0.3, -0.25) is 0 Å². The Balaban J connectivity index is 2.21. The summed E-state index contributed by atoms with van der Waals surface area (Å²) in [6, 6.07) is 8.60. The van der Waals surface area contributed by atoms with Crippen molar-refractivity contribution >= 4 is 5.69 Å². The zero-order chi connectivity index (χ0) is 13.7. The van der Waals surface area contributed by atoms with Gasteiger partial charge in [0.15, 0.2) is 0 Å². The number of para-hydroxylation sites is 1. The number of nitrogens with zero attached hydrogens (tertiary/aromatic N) is 1. The molecule has 1 aromatic rings. The minimum absolute atomic E-state index is 0.262. The summed E-state index contributed by atoms with van der Waals surface area (Å²) < 4.78 is 5.32. The van der Waals surface area contributed by atoms with E-state index in [-0.39, 0.29) is 5.54 Å². The van der Waals surface area contributed by atoms with Gasteiger partial charge in [-0.25, -0.2) is 0 Å². The number of ether oxygens (including phenoxy) is 1. The third kappa shape index (κ3) is 3.10. The van der Waals surface area contributed by atoms with Gasteiger partial charge < -0.3 is 15.0 Å². The van der Waals surface area contributed by atoms with E-state index >= 15 is 0 Å². The monoisotopic (exact) mass is 262 g/mol. The second kappa shape index (κ2) is 6.40. The molecule has 1 aliphatic rings. The molecule has 0 radical (unpaired) electrons. The summed E-state index contributed by atoms with van der Waals surface area (Å²) in [5, 5.41) is 3.71. The normalized spacial score (nSPS) is 18.6. The second-order valence-electron chi connectivity index (χ2n) is 5.40. The molecule has 0 amide bonds. The standard InChI is InChI=1S/C16H26N2O/c1-4-16(5-2)13-18(11-10-17-16)15-9-7-6-8-14(15)12-19-3/h6-9,17H,4-5,10-13H2,1-3H3. The van der Waals surface area contributed by atoms with Crippen molar-refractivity contribution < 1.29 is 4.74 Å². The van der Waals surface area contributed by atoms with Crippen LogP contribution in [0.1, 0.15) is 32.3 Å². The number of hydrogen-bond acceptors (Lipinski definition) is 3. The molecule has 1 aliphatic heterocycles. The topological polar surface area (TPSA) is 24.5 Å². The van der Waals surface area contributed by atoms with Gasteiger partial charge in [0.25, 0.3) is 0 Å². The van der Waals surface area contributed by atoms with Gasteiger partial charge in [-0.15, -0.1) is 0 Å². The van der Waals surface area contributed by atoms with Crippen LogP contribution in [0.15, 0.2) is 24.3 Å². The van der Waals surface area contributed by atoms with E-state index in [2.05, 4.69) is 48.3 Å². The molecular weight excluding hydrogens is 236 g/mol. The predicted octanol–water partition coefficient (Wildman–Crippen LogP) is 2.80. The van der Waals surface area contributed by atoms with Crippen molar-refractivity contribution in [2.45, 2.75) is 38.8 Å². The Labute approximate surface area is 116 Å². The third-order valence-electron chi connectivity index (χ3n) is 4.36. The molecule has 0 unspecified atom stereocenters. The average Bonchev–Trinajstić information content (AvgIpc) is 2.48. The molecular formula is C16H26N2O. The van der Waals surface area contributed by atoms with Crippen LogP contribution >= 0.6 is 0 Å². The molecule has 0 aliphatic carbocycles. The molecule has 3 heteroatoms. The van der Waals surface area contributed by atoms with Crippen LogP contribution in [-0.4, -0.2) is 32.3 Å². The summed E-state index contributed by atoms with van der Waals surface area (Å²) in [5.74, 6) is 0. The molecule has 0 saturated carbocycles. The van der Waals surface area contributed by atoms with Crippen LogP contribution in [0.4, 0.5) is 5.69 Å². The van der Waals surface area contributed by atoms with Crippen LogP contribution in [0.5, 0.6) is 0 Å². The lowest BCUT2D eigenvalue weighted by atomic mass is 9.90. The first-order chi connectivity index (χ1) is 9.24. The van der Waals surface area contributed by atoms with Crippen molar-refractivity contribution in [3.8, 4) is 0 Å². The van der Waals surface area contributed by atoms with E-state index in [1.807, 2.05) is 0 Å². The van der Waals surface area contributed by atoms with Gasteiger partial charge >= 0.3 is 0 Å². The van der Waals surface area contributed by atoms with Gasteiger partial charge in [0.05, 0.1) is 6.61 Å². The highest BCUT2D eigenvalue weighted by molar-refractivity contribution is 5.54. The molecule has 19 heavy (non-hydrogen) atoms. The van der Waals surface area contributed by atoms with E-state index < -0.39 is 0 Å². The first-order valence-electron chi connectivity index (χ1n) is 7.31. The second-order valence-corrected chi connectivity index (χ2v) is 5.40. The van der Waals surface area contributed by atoms with Gasteiger partial charge in [-0.2, -0.15) is 0 Å². The van der Waals surface area contributed by atoms with E-state index in [4.69, 9.17) is 4.74 Å². The largest absolute Gasteiger partial charge is 0.380 e. The van der Waals surface area contributed by atoms with Crippen LogP contribution in [0.3, 0.4) is 0 Å². The molecule has 1 N–H and O–H groups in total. The lowest BCUT2D eigenvalue weighted by Crippen LogP contribution is -2.60. The highest BCUT2D eigenvalue weighted by Crippen LogP contribution is 2.27. The Hall–Kier alpha value is -1.06. The van der Waals surface area contributed by atoms with Crippen LogP contribution in [0.25, 0.3) is 0 Å². The molecule has 1 fully saturated rings. The summed E-state index contributed by atoms with van der Waals surface area (Å²) in [4.78, 5) is 2.51. The summed E-state index contributed by atoms with van der Waals surface area (Å²) >= 11 is 0. The van der Waals surface area contributed by atoms with Crippen molar-refractivity contribution in [1.82, 2.24) is 5.32 Å². The van der Waals surface area contributed by atoms with Gasteiger partial charge in [0, 0.05) is 43.5 Å². The van der Waals surface area contributed by atoms with E-state index in [0.717, 1.165) is 19.6 Å². The zero-order valence-corrected chi connectivity index (χ0v) is 12.4. The van der Waals surface area contributed by atoms with Crippen LogP contribution in [0.2, 0.25) is 0 Å². The van der Waals surface area contributed by atoms with Crippen LogP contribution in [0, 0.1) is 0 Å². The molecule has 0 spiro atoms. The van der Waals surface area contributed by atoms with Gasteiger partial charge in [-0.05, 0) is 18.9 Å². The predicted molar refractivity (Wildman–Crippen MR) is 80.7 cm³/mol. The number of hydrogen-bond donors (Lipinski definition) is 1. The quantitative estimate of drug-likeness (QED) is 0.883. The number of anilines is 1. The molecule has 106 valence electrons. The fourth-order valence-corrected chi connectivity index (χ4v) is 2.98. The summed E-state index contributed by atoms with van der Waals surface area (Å²) in [6.07, 6.45) is 2.35. The lowest BCUT2D eigenvalue weighted by Gasteiger charge is -2.44. The number of benzene rings is 1. The van der Waals surface area contributed by atoms with Crippen molar-refractivity contribution in [3.05, 3.63) is 29.8 Å². The average molecular weight is 262 g/mol. The van der Waals surface area contributed by atoms with E-state index in [1.54, 1.807) is 7.11 Å². The minimum atomic E-state index is 0.262. The first kappa shape index (κ1) is 14.4. The molecule has 3 nitrogen and oxygen atoms in total. The molecule has 1 heterocycles. The van der Waals surface area contributed by atoms with E-state index in [0.29, 0.717) is 6.61 Å². The number of nitrogens with one attached hydrogen (secondary N) is 1. The Kier molecular flexibility index (Phi) is 4.83. The fourth-order valence-electron chi connectivity index (χ4n) is 2.98. The van der Waals surface area contributed by atoms with Crippen molar-refractivity contribution in [2.24, 2.45) is 0 Å². The van der Waals surface area contributed by atoms with Crippen molar-refractivity contribution in [1.29, 1.82) is 0 Å². The third-order valence-corrected chi connectivity index (χ3v) is 4.36. The Morgan fingerprint density at radius 2 is 2.00 bits per heavy atom. The van der Waals surface area contributed by atoms with Gasteiger partial charge in [0.1, 0.15) is 0 Å². The molecule has 0 aromatic heterocycles. The highest BCUT2D eigenvalue weighted by atomic mass is 16.5. The first-order valence-corrected chi connectivity index (χ1v) is 7.31. The summed E-state index contributed by atoms with van der Waals surface area (Å²) in [7, 11) is 1.76. The van der Waals surface area contributed by atoms with E-state index in [1.165, 1.54) is 24.1 Å². The summed E-state index contributed by atoms with van der Waals surface area (Å²) in [5.41, 5.74) is 2.88. The van der Waals surface area contributed by atoms with Crippen molar-refractivity contribution in [2.75, 3.05) is 31.6 Å². The highest BCUT2D eigenvalue weighted by Gasteiger charge is 2.32. The van der Waals surface area contributed by atoms with Gasteiger partial charge in [0.2, 0.25) is 0 Å². The lowest BCUT2D eigenvalue weighted by molar-refractivity contribution is 0.184. The van der Waals surface area contributed by atoms with Gasteiger partial charge in [-0.1, -0.05) is 32.0 Å². The van der Waals surface area contributed by atoms with E-state index in [9.17, 15) is 0 Å². The molecule has 0 atom stereocenters. The Morgan fingerprint density at radius 1 is 1.26 bits per heavy atom. The zero-order valence-electron chi connectivity index (χ0n) is 12.4. The number of rotatable bonds is 5. The summed E-state index contributed by atoms with van der Waals surface area (Å²) in [6.45, 7) is 8.46. The number of piperazine rings is 1. The number of methoxy groups -OCH3 is 1. The molecule has 2 rings (SSSR count). The molecule has 0 bridgehead atoms.